The first-order valence-electron chi connectivity index (χ1n) is 14.7. The van der Waals surface area contributed by atoms with Gasteiger partial charge < -0.3 is 23.5 Å². The first-order valence-corrected chi connectivity index (χ1v) is 17.2. The number of carbonyl (C=O) groups excluding carboxylic acids is 3. The van der Waals surface area contributed by atoms with E-state index >= 15 is 0 Å². The Bertz CT molecular complexity index is 1110. The van der Waals surface area contributed by atoms with Crippen LogP contribution in [0.4, 0.5) is 4.79 Å². The molecule has 0 spiro atoms. The number of esters is 1. The Labute approximate surface area is 245 Å². The van der Waals surface area contributed by atoms with Gasteiger partial charge in [-0.15, -0.1) is 0 Å². The average molecular weight is 584 g/mol. The van der Waals surface area contributed by atoms with Gasteiger partial charge in [-0.3, -0.25) is 4.79 Å². The highest BCUT2D eigenvalue weighted by Gasteiger charge is 2.44. The monoisotopic (exact) mass is 583 g/mol. The topological polar surface area (TPSA) is 91.4 Å². The first kappa shape index (κ1) is 32.3. The Morgan fingerprint density at radius 3 is 1.95 bits per heavy atom. The molecule has 0 N–H and O–H groups in total. The van der Waals surface area contributed by atoms with Crippen molar-refractivity contribution < 1.29 is 33.0 Å². The molecule has 9 heteroatoms. The van der Waals surface area contributed by atoms with Gasteiger partial charge >= 0.3 is 12.1 Å². The minimum atomic E-state index is -2.03. The van der Waals surface area contributed by atoms with E-state index in [0.717, 1.165) is 29.3 Å². The molecule has 224 valence electrons. The van der Waals surface area contributed by atoms with Gasteiger partial charge in [-0.1, -0.05) is 81.4 Å². The molecular weight excluding hydrogens is 538 g/mol. The van der Waals surface area contributed by atoms with E-state index in [1.54, 1.807) is 0 Å². The quantitative estimate of drug-likeness (QED) is 0.182. The molecule has 2 aromatic carbocycles. The Morgan fingerprint density at radius 1 is 0.878 bits per heavy atom. The number of hydrogen-bond acceptors (Lipinski definition) is 7. The van der Waals surface area contributed by atoms with Gasteiger partial charge in [0, 0.05) is 13.0 Å². The molecule has 0 unspecified atom stereocenters. The molecule has 8 nitrogen and oxygen atoms in total. The molecule has 1 aliphatic rings. The molecule has 3 rings (SSSR count). The highest BCUT2D eigenvalue weighted by atomic mass is 28.4. The SMILES string of the molecule is CC[Si](CC)(CC)OC(C)(C)C[C@@H](OC(=O)OCc1ccccc1)C(=O)N1CCC[C@H]1C(=O)OCc1ccccc1. The molecular formula is C32H45NO7Si. The van der Waals surface area contributed by atoms with Crippen molar-refractivity contribution in [1.82, 2.24) is 4.90 Å². The minimum Gasteiger partial charge on any atom is -0.459 e. The van der Waals surface area contributed by atoms with Crippen LogP contribution >= 0.6 is 0 Å². The van der Waals surface area contributed by atoms with Crippen LogP contribution in [0.3, 0.4) is 0 Å². The third kappa shape index (κ3) is 9.43. The third-order valence-corrected chi connectivity index (χ3v) is 12.7. The van der Waals surface area contributed by atoms with Crippen LogP contribution < -0.4 is 0 Å². The minimum absolute atomic E-state index is 0.0240. The molecule has 1 fully saturated rings. The first-order chi connectivity index (χ1) is 19.6. The van der Waals surface area contributed by atoms with E-state index in [9.17, 15) is 14.4 Å². The molecule has 2 aromatic rings. The largest absolute Gasteiger partial charge is 0.509 e. The number of nitrogens with zero attached hydrogens (tertiary/aromatic N) is 1. The van der Waals surface area contributed by atoms with Crippen molar-refractivity contribution in [3.63, 3.8) is 0 Å². The summed E-state index contributed by atoms with van der Waals surface area (Å²) in [4.78, 5) is 41.3. The lowest BCUT2D eigenvalue weighted by atomic mass is 10.00. The maximum Gasteiger partial charge on any atom is 0.509 e. The number of likely N-dealkylation sites (tertiary alicyclic amines) is 1. The van der Waals surface area contributed by atoms with Crippen molar-refractivity contribution in [2.75, 3.05) is 6.54 Å². The second kappa shape index (κ2) is 15.2. The summed E-state index contributed by atoms with van der Waals surface area (Å²) in [6, 6.07) is 20.8. The third-order valence-electron chi connectivity index (χ3n) is 7.85. The number of rotatable bonds is 14. The van der Waals surface area contributed by atoms with Crippen LogP contribution in [0.1, 0.15) is 65.0 Å². The zero-order valence-electron chi connectivity index (χ0n) is 25.1. The Kier molecular flexibility index (Phi) is 12.0. The Hall–Kier alpha value is -3.17. The molecule has 0 radical (unpaired) electrons. The lowest BCUT2D eigenvalue weighted by molar-refractivity contribution is -0.158. The predicted molar refractivity (Wildman–Crippen MR) is 159 cm³/mol. The molecule has 0 bridgehead atoms. The summed E-state index contributed by atoms with van der Waals surface area (Å²) >= 11 is 0. The molecule has 1 saturated heterocycles. The van der Waals surface area contributed by atoms with Crippen LogP contribution in [0.25, 0.3) is 0 Å². The zero-order valence-corrected chi connectivity index (χ0v) is 26.1. The van der Waals surface area contributed by atoms with E-state index in [0.29, 0.717) is 19.4 Å². The molecule has 2 atom stereocenters. The van der Waals surface area contributed by atoms with E-state index < -0.39 is 44.1 Å². The van der Waals surface area contributed by atoms with Gasteiger partial charge in [0.15, 0.2) is 14.4 Å². The van der Waals surface area contributed by atoms with E-state index in [-0.39, 0.29) is 19.6 Å². The number of carbonyl (C=O) groups is 3. The summed E-state index contributed by atoms with van der Waals surface area (Å²) in [6.45, 7) is 10.8. The van der Waals surface area contributed by atoms with Crippen molar-refractivity contribution in [2.24, 2.45) is 0 Å². The molecule has 0 aliphatic carbocycles. The number of benzene rings is 2. The summed E-state index contributed by atoms with van der Waals surface area (Å²) in [7, 11) is -2.03. The van der Waals surface area contributed by atoms with Crippen molar-refractivity contribution in [3.8, 4) is 0 Å². The normalized spacial score (nSPS) is 16.2. The van der Waals surface area contributed by atoms with Gasteiger partial charge in [0.05, 0.1) is 5.60 Å². The number of amides is 1. The smallest absolute Gasteiger partial charge is 0.459 e. The Balaban J connectivity index is 1.75. The summed E-state index contributed by atoms with van der Waals surface area (Å²) in [5.74, 6) is -0.899. The van der Waals surface area contributed by atoms with Gasteiger partial charge in [-0.25, -0.2) is 9.59 Å². The lowest BCUT2D eigenvalue weighted by Gasteiger charge is -2.40. The van der Waals surface area contributed by atoms with E-state index in [1.807, 2.05) is 74.5 Å². The molecule has 0 aromatic heterocycles. The molecule has 1 heterocycles. The van der Waals surface area contributed by atoms with Crippen LogP contribution in [-0.4, -0.2) is 55.5 Å². The summed E-state index contributed by atoms with van der Waals surface area (Å²) in [5.41, 5.74) is 0.937. The number of ether oxygens (including phenoxy) is 3. The highest BCUT2D eigenvalue weighted by molar-refractivity contribution is 6.73. The highest BCUT2D eigenvalue weighted by Crippen LogP contribution is 2.32. The van der Waals surface area contributed by atoms with E-state index in [2.05, 4.69) is 20.8 Å². The van der Waals surface area contributed by atoms with Crippen LogP contribution in [0.5, 0.6) is 0 Å². The van der Waals surface area contributed by atoms with Crippen molar-refractivity contribution in [3.05, 3.63) is 71.8 Å². The van der Waals surface area contributed by atoms with E-state index in [4.69, 9.17) is 18.6 Å². The zero-order chi connectivity index (χ0) is 29.9. The van der Waals surface area contributed by atoms with Gasteiger partial charge in [0.1, 0.15) is 19.3 Å². The maximum atomic E-state index is 13.9. The lowest BCUT2D eigenvalue weighted by Crippen LogP contribution is -2.51. The second-order valence-electron chi connectivity index (χ2n) is 11.2. The van der Waals surface area contributed by atoms with Crippen LogP contribution in [0.15, 0.2) is 60.7 Å². The Morgan fingerprint density at radius 2 is 1.41 bits per heavy atom. The molecule has 41 heavy (non-hydrogen) atoms. The average Bonchev–Trinajstić information content (AvgIpc) is 3.48. The van der Waals surface area contributed by atoms with Crippen LogP contribution in [0, 0.1) is 0 Å². The fraction of sp³-hybridized carbons (Fsp3) is 0.531. The van der Waals surface area contributed by atoms with Gasteiger partial charge in [0.25, 0.3) is 5.91 Å². The van der Waals surface area contributed by atoms with Gasteiger partial charge in [0.2, 0.25) is 0 Å². The van der Waals surface area contributed by atoms with E-state index in [1.165, 1.54) is 4.90 Å². The maximum absolute atomic E-state index is 13.9. The fourth-order valence-electron chi connectivity index (χ4n) is 5.37. The summed E-state index contributed by atoms with van der Waals surface area (Å²) in [6.07, 6.45) is -0.825. The fourth-order valence-corrected chi connectivity index (χ4v) is 8.56. The summed E-state index contributed by atoms with van der Waals surface area (Å²) < 4.78 is 23.3. The number of hydrogen-bond donors (Lipinski definition) is 0. The molecule has 1 aliphatic heterocycles. The predicted octanol–water partition coefficient (Wildman–Crippen LogP) is 6.63. The van der Waals surface area contributed by atoms with Crippen molar-refractivity contribution in [1.29, 1.82) is 0 Å². The summed E-state index contributed by atoms with van der Waals surface area (Å²) in [5, 5.41) is 0. The molecule has 1 amide bonds. The van der Waals surface area contributed by atoms with Crippen LogP contribution in [-0.2, 0) is 41.4 Å². The van der Waals surface area contributed by atoms with Crippen molar-refractivity contribution >= 4 is 26.3 Å². The van der Waals surface area contributed by atoms with Crippen LogP contribution in [0.2, 0.25) is 18.1 Å². The molecule has 0 saturated carbocycles. The van der Waals surface area contributed by atoms with Crippen molar-refractivity contribution in [2.45, 2.75) is 103 Å². The standard InChI is InChI=1S/C32H45NO7Si/c1-6-41(7-2,8-3)40-32(4,5)22-28(39-31(36)38-24-26-18-13-10-14-19-26)29(34)33-21-15-20-27(33)30(35)37-23-25-16-11-9-12-17-25/h9-14,16-19,27-28H,6-8,15,20-24H2,1-5H3/t27-,28+/m0/s1. The second-order valence-corrected chi connectivity index (χ2v) is 15.9. The van der Waals surface area contributed by atoms with Gasteiger partial charge in [-0.05, 0) is 55.9 Å². The van der Waals surface area contributed by atoms with Gasteiger partial charge in [-0.2, -0.15) is 0 Å².